The van der Waals surface area contributed by atoms with E-state index in [1.807, 2.05) is 42.6 Å². The Morgan fingerprint density at radius 2 is 1.97 bits per heavy atom. The lowest BCUT2D eigenvalue weighted by Crippen LogP contribution is -2.12. The number of thiazole rings is 1. The molecule has 0 aliphatic carbocycles. The van der Waals surface area contributed by atoms with E-state index in [1.165, 1.54) is 16.0 Å². The smallest absolute Gasteiger partial charge is 0.256 e. The zero-order chi connectivity index (χ0) is 20.4. The molecule has 1 aromatic carbocycles. The lowest BCUT2D eigenvalue weighted by atomic mass is 10.2. The summed E-state index contributed by atoms with van der Waals surface area (Å²) in [6.45, 7) is 3.77. The SMILES string of the molecule is Cc1ccc(/C=C/S(=O)(=O)Nc2cc(C)nn2-c2nc(-c3ccco3)cs2)cc1. The Kier molecular flexibility index (Phi) is 5.08. The number of anilines is 1. The van der Waals surface area contributed by atoms with Crippen molar-refractivity contribution in [1.29, 1.82) is 0 Å². The molecule has 0 fully saturated rings. The van der Waals surface area contributed by atoms with Crippen LogP contribution in [0.5, 0.6) is 0 Å². The van der Waals surface area contributed by atoms with Crippen LogP contribution in [0.4, 0.5) is 5.82 Å². The zero-order valence-electron chi connectivity index (χ0n) is 15.7. The number of sulfonamides is 1. The first-order valence-corrected chi connectivity index (χ1v) is 11.2. The molecule has 4 rings (SSSR count). The highest BCUT2D eigenvalue weighted by molar-refractivity contribution is 7.95. The van der Waals surface area contributed by atoms with Crippen LogP contribution in [0.15, 0.2) is 63.9 Å². The molecule has 0 atom stereocenters. The molecule has 0 saturated carbocycles. The van der Waals surface area contributed by atoms with Crippen molar-refractivity contribution in [2.24, 2.45) is 0 Å². The van der Waals surface area contributed by atoms with E-state index in [0.717, 1.165) is 16.5 Å². The highest BCUT2D eigenvalue weighted by Crippen LogP contribution is 2.27. The Morgan fingerprint density at radius 1 is 1.17 bits per heavy atom. The van der Waals surface area contributed by atoms with Crippen molar-refractivity contribution < 1.29 is 12.8 Å². The third kappa shape index (κ3) is 4.47. The van der Waals surface area contributed by atoms with Gasteiger partial charge in [0.05, 0.1) is 17.4 Å². The summed E-state index contributed by atoms with van der Waals surface area (Å²) in [4.78, 5) is 4.50. The summed E-state index contributed by atoms with van der Waals surface area (Å²) in [5.74, 6) is 0.955. The van der Waals surface area contributed by atoms with Crippen molar-refractivity contribution >= 4 is 33.3 Å². The Hall–Kier alpha value is -3.17. The molecule has 7 nitrogen and oxygen atoms in total. The largest absolute Gasteiger partial charge is 0.463 e. The van der Waals surface area contributed by atoms with Gasteiger partial charge in [0.15, 0.2) is 5.76 Å². The topological polar surface area (TPSA) is 90.0 Å². The molecule has 0 aliphatic heterocycles. The first kappa shape index (κ1) is 19.2. The summed E-state index contributed by atoms with van der Waals surface area (Å²) in [5.41, 5.74) is 3.24. The van der Waals surface area contributed by atoms with Crippen LogP contribution in [0, 0.1) is 13.8 Å². The Bertz CT molecular complexity index is 1250. The van der Waals surface area contributed by atoms with Crippen LogP contribution in [0.2, 0.25) is 0 Å². The van der Waals surface area contributed by atoms with Gasteiger partial charge in [-0.3, -0.25) is 4.72 Å². The quantitative estimate of drug-likeness (QED) is 0.486. The van der Waals surface area contributed by atoms with Gasteiger partial charge in [0.2, 0.25) is 5.13 Å². The highest BCUT2D eigenvalue weighted by Gasteiger charge is 2.16. The minimum Gasteiger partial charge on any atom is -0.463 e. The second-order valence-electron chi connectivity index (χ2n) is 6.44. The van der Waals surface area contributed by atoms with Crippen LogP contribution in [-0.4, -0.2) is 23.2 Å². The minimum atomic E-state index is -3.73. The van der Waals surface area contributed by atoms with Crippen molar-refractivity contribution in [3.05, 3.63) is 76.3 Å². The average Bonchev–Trinajstić information content (AvgIpc) is 3.41. The summed E-state index contributed by atoms with van der Waals surface area (Å²) >= 11 is 1.34. The lowest BCUT2D eigenvalue weighted by molar-refractivity contribution is 0.580. The molecule has 9 heteroatoms. The molecule has 0 radical (unpaired) electrons. The first-order chi connectivity index (χ1) is 13.9. The number of nitrogens with zero attached hydrogens (tertiary/aromatic N) is 3. The summed E-state index contributed by atoms with van der Waals surface area (Å²) < 4.78 is 34.5. The van der Waals surface area contributed by atoms with Gasteiger partial charge in [0, 0.05) is 11.4 Å². The summed E-state index contributed by atoms with van der Waals surface area (Å²) in [6.07, 6.45) is 3.13. The number of aromatic nitrogens is 3. The summed E-state index contributed by atoms with van der Waals surface area (Å²) in [5, 5.41) is 7.88. The molecule has 0 aliphatic rings. The highest BCUT2D eigenvalue weighted by atomic mass is 32.2. The average molecular weight is 427 g/mol. The van der Waals surface area contributed by atoms with Gasteiger partial charge in [0.1, 0.15) is 11.5 Å². The standard InChI is InChI=1S/C20H18N4O3S2/c1-14-5-7-16(8-6-14)9-11-29(25,26)23-19-12-15(2)22-24(19)20-21-17(13-28-20)18-4-3-10-27-18/h3-13,23H,1-2H3/b11-9+. The van der Waals surface area contributed by atoms with Gasteiger partial charge in [-0.2, -0.15) is 9.78 Å². The normalized spacial score (nSPS) is 11.9. The molecule has 148 valence electrons. The lowest BCUT2D eigenvalue weighted by Gasteiger charge is -2.06. The third-order valence-electron chi connectivity index (χ3n) is 4.04. The molecule has 4 aromatic rings. The van der Waals surface area contributed by atoms with E-state index in [2.05, 4.69) is 14.8 Å². The van der Waals surface area contributed by atoms with Crippen LogP contribution in [-0.2, 0) is 10.0 Å². The van der Waals surface area contributed by atoms with E-state index < -0.39 is 10.0 Å². The van der Waals surface area contributed by atoms with Crippen LogP contribution in [0.3, 0.4) is 0 Å². The van der Waals surface area contributed by atoms with Crippen molar-refractivity contribution in [3.63, 3.8) is 0 Å². The van der Waals surface area contributed by atoms with Crippen LogP contribution in [0.25, 0.3) is 22.7 Å². The van der Waals surface area contributed by atoms with Gasteiger partial charge >= 0.3 is 0 Å². The molecule has 29 heavy (non-hydrogen) atoms. The number of furan rings is 1. The number of rotatable bonds is 6. The van der Waals surface area contributed by atoms with Crippen molar-refractivity contribution in [2.75, 3.05) is 4.72 Å². The molecule has 3 aromatic heterocycles. The van der Waals surface area contributed by atoms with E-state index >= 15 is 0 Å². The van der Waals surface area contributed by atoms with E-state index in [4.69, 9.17) is 4.42 Å². The predicted molar refractivity (Wildman–Crippen MR) is 114 cm³/mol. The number of hydrogen-bond donors (Lipinski definition) is 1. The van der Waals surface area contributed by atoms with E-state index in [-0.39, 0.29) is 0 Å². The fraction of sp³-hybridized carbons (Fsp3) is 0.100. The van der Waals surface area contributed by atoms with Crippen LogP contribution in [0.1, 0.15) is 16.8 Å². The Balaban J connectivity index is 1.59. The molecule has 1 N–H and O–H groups in total. The first-order valence-electron chi connectivity index (χ1n) is 8.74. The van der Waals surface area contributed by atoms with Gasteiger partial charge in [-0.1, -0.05) is 29.8 Å². The molecule has 0 amide bonds. The maximum Gasteiger partial charge on any atom is 0.256 e. The molecule has 0 unspecified atom stereocenters. The fourth-order valence-corrected chi connectivity index (χ4v) is 4.26. The number of nitrogens with one attached hydrogen (secondary N) is 1. The summed E-state index contributed by atoms with van der Waals surface area (Å²) in [6, 6.07) is 12.8. The molecule has 0 saturated heterocycles. The van der Waals surface area contributed by atoms with Crippen molar-refractivity contribution in [1.82, 2.24) is 14.8 Å². The van der Waals surface area contributed by atoms with Crippen LogP contribution >= 0.6 is 11.3 Å². The molecular formula is C20H18N4O3S2. The van der Waals surface area contributed by atoms with Gasteiger partial charge in [0.25, 0.3) is 10.0 Å². The molecule has 0 spiro atoms. The van der Waals surface area contributed by atoms with Gasteiger partial charge in [-0.15, -0.1) is 11.3 Å². The van der Waals surface area contributed by atoms with E-state index in [9.17, 15) is 8.42 Å². The van der Waals surface area contributed by atoms with Crippen LogP contribution < -0.4 is 4.72 Å². The second kappa shape index (κ2) is 7.69. The monoisotopic (exact) mass is 426 g/mol. The zero-order valence-corrected chi connectivity index (χ0v) is 17.4. The number of benzene rings is 1. The fourth-order valence-electron chi connectivity index (χ4n) is 2.64. The second-order valence-corrected chi connectivity index (χ2v) is 8.84. The Labute approximate surface area is 172 Å². The van der Waals surface area contributed by atoms with E-state index in [0.29, 0.717) is 28.1 Å². The van der Waals surface area contributed by atoms with Crippen molar-refractivity contribution in [2.45, 2.75) is 13.8 Å². The Morgan fingerprint density at radius 3 is 2.69 bits per heavy atom. The molecular weight excluding hydrogens is 408 g/mol. The molecule has 0 bridgehead atoms. The number of aryl methyl sites for hydroxylation is 2. The van der Waals surface area contributed by atoms with Gasteiger partial charge in [-0.25, -0.2) is 13.4 Å². The van der Waals surface area contributed by atoms with Gasteiger partial charge in [-0.05, 0) is 37.6 Å². The maximum absolute atomic E-state index is 12.6. The number of hydrogen-bond acceptors (Lipinski definition) is 6. The summed E-state index contributed by atoms with van der Waals surface area (Å²) in [7, 11) is -3.73. The minimum absolute atomic E-state index is 0.316. The van der Waals surface area contributed by atoms with E-state index in [1.54, 1.807) is 31.4 Å². The van der Waals surface area contributed by atoms with Crippen molar-refractivity contribution in [3.8, 4) is 16.6 Å². The third-order valence-corrected chi connectivity index (χ3v) is 5.85. The maximum atomic E-state index is 12.6. The predicted octanol–water partition coefficient (Wildman–Crippen LogP) is 4.62. The van der Waals surface area contributed by atoms with Gasteiger partial charge < -0.3 is 4.42 Å². The molecule has 3 heterocycles.